The van der Waals surface area contributed by atoms with Crippen LogP contribution in [0.25, 0.3) is 0 Å². The third-order valence-corrected chi connectivity index (χ3v) is 3.91. The Balaban J connectivity index is 2.16. The van der Waals surface area contributed by atoms with E-state index in [0.717, 1.165) is 5.56 Å². The lowest BCUT2D eigenvalue weighted by Crippen LogP contribution is -2.09. The monoisotopic (exact) mass is 344 g/mol. The SMILES string of the molecule is COC(=O)Oc1ccc(OC(=O)c2sccccccc2C)cc1. The van der Waals surface area contributed by atoms with Crippen LogP contribution in [0.1, 0.15) is 15.2 Å². The highest BCUT2D eigenvalue weighted by atomic mass is 32.1. The summed E-state index contributed by atoms with van der Waals surface area (Å²) in [7, 11) is 1.22. The predicted octanol–water partition coefficient (Wildman–Crippen LogP) is 4.55. The third kappa shape index (κ3) is 5.10. The molecule has 0 radical (unpaired) electrons. The van der Waals surface area contributed by atoms with Crippen LogP contribution in [0.5, 0.6) is 11.5 Å². The van der Waals surface area contributed by atoms with Gasteiger partial charge in [-0.1, -0.05) is 30.3 Å². The summed E-state index contributed by atoms with van der Waals surface area (Å²) >= 11 is 1.30. The van der Waals surface area contributed by atoms with Crippen molar-refractivity contribution in [1.82, 2.24) is 0 Å². The molecule has 24 heavy (non-hydrogen) atoms. The fourth-order valence-electron chi connectivity index (χ4n) is 1.73. The van der Waals surface area contributed by atoms with E-state index in [0.29, 0.717) is 16.4 Å². The Kier molecular flexibility index (Phi) is 6.33. The number of carbonyl (C=O) groups is 2. The molecule has 0 unspecified atom stereocenters. The van der Waals surface area contributed by atoms with Gasteiger partial charge in [0.05, 0.1) is 7.11 Å². The first kappa shape index (κ1) is 17.5. The molecule has 0 amide bonds. The second kappa shape index (κ2) is 8.69. The minimum absolute atomic E-state index is 0.297. The van der Waals surface area contributed by atoms with Crippen molar-refractivity contribution < 1.29 is 23.8 Å². The van der Waals surface area contributed by atoms with Gasteiger partial charge in [0.1, 0.15) is 16.4 Å². The Morgan fingerprint density at radius 1 is 0.875 bits per heavy atom. The van der Waals surface area contributed by atoms with Crippen molar-refractivity contribution in [2.45, 2.75) is 6.92 Å². The lowest BCUT2D eigenvalue weighted by molar-refractivity contribution is 0.0738. The predicted molar refractivity (Wildman–Crippen MR) is 91.1 cm³/mol. The molecule has 0 saturated heterocycles. The van der Waals surface area contributed by atoms with E-state index in [1.165, 1.54) is 30.6 Å². The van der Waals surface area contributed by atoms with E-state index in [9.17, 15) is 9.59 Å². The number of benzene rings is 1. The molecule has 2 aromatic rings. The largest absolute Gasteiger partial charge is 0.513 e. The number of hydrogen-bond acceptors (Lipinski definition) is 6. The van der Waals surface area contributed by atoms with Gasteiger partial charge in [-0.25, -0.2) is 9.59 Å². The van der Waals surface area contributed by atoms with Crippen LogP contribution >= 0.6 is 11.3 Å². The van der Waals surface area contributed by atoms with Gasteiger partial charge in [0.25, 0.3) is 0 Å². The van der Waals surface area contributed by atoms with Gasteiger partial charge in [0, 0.05) is 0 Å². The Hall–Kier alpha value is -2.86. The maximum Gasteiger partial charge on any atom is 0.513 e. The van der Waals surface area contributed by atoms with Crippen LogP contribution in [0.3, 0.4) is 0 Å². The Labute approximate surface area is 143 Å². The molecule has 1 aromatic heterocycles. The number of hydrogen-bond donors (Lipinski definition) is 0. The smallest absolute Gasteiger partial charge is 0.437 e. The van der Waals surface area contributed by atoms with Crippen molar-refractivity contribution in [3.63, 3.8) is 0 Å². The number of methoxy groups -OCH3 is 1. The standard InChI is InChI=1S/C18H16O5S/c1-13-7-5-3-4-6-12-24-16(13)17(19)22-14-8-10-15(11-9-14)23-18(20)21-2/h3-12H,1-2H3. The first-order valence-corrected chi connectivity index (χ1v) is 7.93. The molecule has 0 atom stereocenters. The lowest BCUT2D eigenvalue weighted by atomic mass is 10.2. The lowest BCUT2D eigenvalue weighted by Gasteiger charge is -2.06. The van der Waals surface area contributed by atoms with E-state index >= 15 is 0 Å². The molecule has 6 heteroatoms. The molecule has 1 aromatic carbocycles. The van der Waals surface area contributed by atoms with E-state index in [-0.39, 0.29) is 0 Å². The van der Waals surface area contributed by atoms with Gasteiger partial charge in [0.15, 0.2) is 0 Å². The van der Waals surface area contributed by atoms with Gasteiger partial charge in [-0.15, -0.1) is 11.3 Å². The summed E-state index contributed by atoms with van der Waals surface area (Å²) in [6.07, 6.45) is -0.810. The molecule has 0 aliphatic heterocycles. The Morgan fingerprint density at radius 3 is 2.17 bits per heavy atom. The van der Waals surface area contributed by atoms with Crippen molar-refractivity contribution in [3.05, 3.63) is 70.4 Å². The van der Waals surface area contributed by atoms with Gasteiger partial charge in [0.2, 0.25) is 0 Å². The Morgan fingerprint density at radius 2 is 1.50 bits per heavy atom. The van der Waals surface area contributed by atoms with Gasteiger partial charge in [-0.05, 0) is 42.1 Å². The minimum atomic E-state index is -0.810. The fourth-order valence-corrected chi connectivity index (χ4v) is 2.42. The summed E-state index contributed by atoms with van der Waals surface area (Å²) in [5, 5.41) is 1.82. The summed E-state index contributed by atoms with van der Waals surface area (Å²) < 4.78 is 14.6. The molecule has 1 heterocycles. The van der Waals surface area contributed by atoms with Gasteiger partial charge in [-0.2, -0.15) is 0 Å². The van der Waals surface area contributed by atoms with Crippen LogP contribution in [-0.4, -0.2) is 19.2 Å². The molecule has 0 fully saturated rings. The van der Waals surface area contributed by atoms with Crippen molar-refractivity contribution in [2.75, 3.05) is 7.11 Å². The quantitative estimate of drug-likeness (QED) is 0.464. The molecule has 0 aliphatic rings. The van der Waals surface area contributed by atoms with Crippen LogP contribution in [-0.2, 0) is 4.74 Å². The van der Waals surface area contributed by atoms with Gasteiger partial charge in [-0.3, -0.25) is 0 Å². The fraction of sp³-hybridized carbons (Fsp3) is 0.111. The molecule has 0 N–H and O–H groups in total. The number of aryl methyl sites for hydroxylation is 1. The van der Waals surface area contributed by atoms with Crippen LogP contribution < -0.4 is 9.47 Å². The molecule has 0 saturated carbocycles. The van der Waals surface area contributed by atoms with E-state index in [1.807, 2.05) is 42.6 Å². The average Bonchev–Trinajstić information content (AvgIpc) is 2.68. The van der Waals surface area contributed by atoms with E-state index < -0.39 is 12.1 Å². The van der Waals surface area contributed by atoms with Crippen LogP contribution in [0.15, 0.2) is 60.0 Å². The van der Waals surface area contributed by atoms with Gasteiger partial charge >= 0.3 is 12.1 Å². The summed E-state index contributed by atoms with van der Waals surface area (Å²) in [5.41, 5.74) is 0.812. The second-order valence-electron chi connectivity index (χ2n) is 4.62. The normalized spacial score (nSPS) is 9.58. The molecular weight excluding hydrogens is 328 g/mol. The molecular formula is C18H16O5S. The number of carbonyl (C=O) groups excluding carboxylic acids is 2. The number of rotatable bonds is 3. The highest BCUT2D eigenvalue weighted by molar-refractivity contribution is 7.11. The zero-order valence-electron chi connectivity index (χ0n) is 13.2. The van der Waals surface area contributed by atoms with Gasteiger partial charge < -0.3 is 14.2 Å². The molecule has 5 nitrogen and oxygen atoms in total. The highest BCUT2D eigenvalue weighted by Gasteiger charge is 2.11. The molecule has 0 bridgehead atoms. The van der Waals surface area contributed by atoms with Crippen molar-refractivity contribution in [3.8, 4) is 11.5 Å². The first-order valence-electron chi connectivity index (χ1n) is 7.05. The van der Waals surface area contributed by atoms with E-state index in [4.69, 9.17) is 9.47 Å². The summed E-state index contributed by atoms with van der Waals surface area (Å²) in [4.78, 5) is 23.9. The number of ether oxygens (including phenoxy) is 3. The zero-order chi connectivity index (χ0) is 17.4. The second-order valence-corrected chi connectivity index (χ2v) is 5.54. The van der Waals surface area contributed by atoms with Crippen molar-refractivity contribution in [2.24, 2.45) is 0 Å². The molecule has 2 rings (SSSR count). The van der Waals surface area contributed by atoms with Crippen LogP contribution in [0, 0.1) is 6.92 Å². The van der Waals surface area contributed by atoms with Crippen LogP contribution in [0.2, 0.25) is 0 Å². The summed E-state index contributed by atoms with van der Waals surface area (Å²) in [6.45, 7) is 1.85. The molecule has 124 valence electrons. The molecule has 0 spiro atoms. The highest BCUT2D eigenvalue weighted by Crippen LogP contribution is 2.20. The molecule has 0 aliphatic carbocycles. The topological polar surface area (TPSA) is 61.8 Å². The maximum absolute atomic E-state index is 12.4. The third-order valence-electron chi connectivity index (χ3n) is 2.89. The summed E-state index contributed by atoms with van der Waals surface area (Å²) in [5.74, 6) is 0.199. The minimum Gasteiger partial charge on any atom is -0.437 e. The van der Waals surface area contributed by atoms with Crippen molar-refractivity contribution in [1.29, 1.82) is 0 Å². The zero-order valence-corrected chi connectivity index (χ0v) is 14.0. The van der Waals surface area contributed by atoms with Crippen LogP contribution in [0.4, 0.5) is 4.79 Å². The Bertz CT molecular complexity index is 763. The average molecular weight is 344 g/mol. The van der Waals surface area contributed by atoms with Crippen molar-refractivity contribution >= 4 is 23.5 Å². The van der Waals surface area contributed by atoms with E-state index in [2.05, 4.69) is 4.74 Å². The van der Waals surface area contributed by atoms with E-state index in [1.54, 1.807) is 12.1 Å². The summed E-state index contributed by atoms with van der Waals surface area (Å²) in [6, 6.07) is 15.4. The first-order chi connectivity index (χ1) is 11.6. The number of esters is 1. The maximum atomic E-state index is 12.4.